The summed E-state index contributed by atoms with van der Waals surface area (Å²) >= 11 is 5.56. The van der Waals surface area contributed by atoms with Crippen molar-refractivity contribution in [2.45, 2.75) is 12.5 Å². The lowest BCUT2D eigenvalue weighted by Gasteiger charge is -2.34. The number of amides is 4. The summed E-state index contributed by atoms with van der Waals surface area (Å²) in [5, 5.41) is 7.79. The van der Waals surface area contributed by atoms with Gasteiger partial charge in [-0.15, -0.1) is 11.6 Å². The van der Waals surface area contributed by atoms with E-state index in [1.165, 1.54) is 11.9 Å². The van der Waals surface area contributed by atoms with Gasteiger partial charge in [0, 0.05) is 31.4 Å². The number of anilines is 1. The minimum Gasteiger partial charge on any atom is -0.355 e. The summed E-state index contributed by atoms with van der Waals surface area (Å²) in [6.07, 6.45) is -0.175. The fourth-order valence-electron chi connectivity index (χ4n) is 2.53. The van der Waals surface area contributed by atoms with Crippen LogP contribution in [0.3, 0.4) is 0 Å². The van der Waals surface area contributed by atoms with Gasteiger partial charge in [0.2, 0.25) is 17.7 Å². The quantitative estimate of drug-likeness (QED) is 0.634. The van der Waals surface area contributed by atoms with Gasteiger partial charge >= 0.3 is 0 Å². The highest BCUT2D eigenvalue weighted by Gasteiger charge is 2.34. The summed E-state index contributed by atoms with van der Waals surface area (Å²) in [6.45, 7) is 0.649. The number of benzene rings is 1. The minimum absolute atomic E-state index is 0.175. The molecule has 134 valence electrons. The fraction of sp³-hybridized carbons (Fsp3) is 0.375. The van der Waals surface area contributed by atoms with Gasteiger partial charge in [-0.05, 0) is 24.3 Å². The predicted molar refractivity (Wildman–Crippen MR) is 92.3 cm³/mol. The van der Waals surface area contributed by atoms with E-state index in [1.54, 1.807) is 24.3 Å². The normalized spacial score (nSPS) is 16.8. The topological polar surface area (TPSA) is 108 Å². The summed E-state index contributed by atoms with van der Waals surface area (Å²) in [5.74, 6) is -1.65. The Labute approximate surface area is 149 Å². The van der Waals surface area contributed by atoms with Gasteiger partial charge < -0.3 is 20.9 Å². The third-order valence-corrected chi connectivity index (χ3v) is 4.03. The van der Waals surface area contributed by atoms with Gasteiger partial charge in [-0.25, -0.2) is 0 Å². The van der Waals surface area contributed by atoms with Crippen LogP contribution in [-0.2, 0) is 14.4 Å². The number of nitrogens with one attached hydrogen (secondary N) is 3. The van der Waals surface area contributed by atoms with Crippen molar-refractivity contribution in [1.82, 2.24) is 15.5 Å². The highest BCUT2D eigenvalue weighted by Crippen LogP contribution is 2.14. The Morgan fingerprint density at radius 2 is 1.96 bits per heavy atom. The van der Waals surface area contributed by atoms with Crippen molar-refractivity contribution in [1.29, 1.82) is 0 Å². The summed E-state index contributed by atoms with van der Waals surface area (Å²) in [7, 11) is 1.53. The summed E-state index contributed by atoms with van der Waals surface area (Å²) in [6, 6.07) is 5.44. The Hall–Kier alpha value is -2.61. The van der Waals surface area contributed by atoms with E-state index in [1.807, 2.05) is 0 Å². The second-order valence-electron chi connectivity index (χ2n) is 5.44. The van der Waals surface area contributed by atoms with Gasteiger partial charge in [-0.3, -0.25) is 19.2 Å². The van der Waals surface area contributed by atoms with Crippen LogP contribution in [0.25, 0.3) is 0 Å². The second-order valence-corrected chi connectivity index (χ2v) is 5.70. The molecule has 1 atom stereocenters. The Kier molecular flexibility index (Phi) is 6.35. The molecule has 1 fully saturated rings. The predicted octanol–water partition coefficient (Wildman–Crippen LogP) is -0.0594. The van der Waals surface area contributed by atoms with Crippen molar-refractivity contribution < 1.29 is 19.2 Å². The standard InChI is InChI=1S/C16H19ClN4O4/c1-18-15(24)10-2-4-11(5-3-10)20-13(22)8-12-16(25)19-6-7-21(12)14(23)9-17/h2-5,12H,6-9H2,1H3,(H,18,24)(H,19,25)(H,20,22). The van der Waals surface area contributed by atoms with Crippen LogP contribution < -0.4 is 16.0 Å². The zero-order valence-corrected chi connectivity index (χ0v) is 14.4. The van der Waals surface area contributed by atoms with Gasteiger partial charge in [0.25, 0.3) is 5.91 Å². The van der Waals surface area contributed by atoms with Crippen LogP contribution in [0.4, 0.5) is 5.69 Å². The summed E-state index contributed by atoms with van der Waals surface area (Å²) in [5.41, 5.74) is 0.954. The van der Waals surface area contributed by atoms with Gasteiger partial charge in [0.1, 0.15) is 11.9 Å². The van der Waals surface area contributed by atoms with E-state index in [0.717, 1.165) is 0 Å². The Morgan fingerprint density at radius 3 is 2.56 bits per heavy atom. The second kappa shape index (κ2) is 8.48. The molecule has 1 aliphatic rings. The molecule has 1 saturated heterocycles. The molecule has 0 spiro atoms. The lowest BCUT2D eigenvalue weighted by molar-refractivity contribution is -0.143. The molecule has 0 aliphatic carbocycles. The van der Waals surface area contributed by atoms with Crippen LogP contribution >= 0.6 is 11.6 Å². The molecule has 4 amide bonds. The average Bonchev–Trinajstić information content (AvgIpc) is 2.62. The molecule has 1 aliphatic heterocycles. The molecular formula is C16H19ClN4O4. The average molecular weight is 367 g/mol. The first kappa shape index (κ1) is 18.7. The highest BCUT2D eigenvalue weighted by atomic mass is 35.5. The molecule has 0 bridgehead atoms. The van der Waals surface area contributed by atoms with E-state index in [0.29, 0.717) is 24.3 Å². The lowest BCUT2D eigenvalue weighted by Crippen LogP contribution is -2.58. The maximum absolute atomic E-state index is 12.2. The Morgan fingerprint density at radius 1 is 1.28 bits per heavy atom. The first-order valence-electron chi connectivity index (χ1n) is 7.71. The molecule has 2 rings (SSSR count). The minimum atomic E-state index is -0.884. The number of carbonyl (C=O) groups excluding carboxylic acids is 4. The Bertz CT molecular complexity index is 677. The zero-order valence-electron chi connectivity index (χ0n) is 13.7. The molecule has 8 nitrogen and oxygen atoms in total. The van der Waals surface area contributed by atoms with Gasteiger partial charge in [0.15, 0.2) is 0 Å². The molecule has 0 saturated carbocycles. The summed E-state index contributed by atoms with van der Waals surface area (Å²) < 4.78 is 0. The largest absolute Gasteiger partial charge is 0.355 e. The van der Waals surface area contributed by atoms with Crippen LogP contribution in [0.5, 0.6) is 0 Å². The number of hydrogen-bond donors (Lipinski definition) is 3. The fourth-order valence-corrected chi connectivity index (χ4v) is 2.68. The monoisotopic (exact) mass is 366 g/mol. The Balaban J connectivity index is 2.01. The maximum atomic E-state index is 12.2. The molecule has 1 unspecified atom stereocenters. The van der Waals surface area contributed by atoms with Crippen molar-refractivity contribution in [2.75, 3.05) is 31.3 Å². The van der Waals surface area contributed by atoms with Crippen LogP contribution in [0.1, 0.15) is 16.8 Å². The van der Waals surface area contributed by atoms with E-state index in [-0.39, 0.29) is 30.0 Å². The third kappa shape index (κ3) is 4.69. The van der Waals surface area contributed by atoms with Gasteiger partial charge in [-0.1, -0.05) is 0 Å². The van der Waals surface area contributed by atoms with Crippen molar-refractivity contribution in [3.63, 3.8) is 0 Å². The number of alkyl halides is 1. The first-order valence-corrected chi connectivity index (χ1v) is 8.25. The SMILES string of the molecule is CNC(=O)c1ccc(NC(=O)CC2C(=O)NCCN2C(=O)CCl)cc1. The van der Waals surface area contributed by atoms with E-state index >= 15 is 0 Å². The molecule has 3 N–H and O–H groups in total. The molecule has 9 heteroatoms. The van der Waals surface area contributed by atoms with Crippen molar-refractivity contribution >= 4 is 40.9 Å². The molecule has 1 aromatic carbocycles. The number of hydrogen-bond acceptors (Lipinski definition) is 4. The number of nitrogens with zero attached hydrogens (tertiary/aromatic N) is 1. The first-order chi connectivity index (χ1) is 12.0. The smallest absolute Gasteiger partial charge is 0.251 e. The summed E-state index contributed by atoms with van der Waals surface area (Å²) in [4.78, 5) is 48.8. The van der Waals surface area contributed by atoms with E-state index < -0.39 is 11.9 Å². The van der Waals surface area contributed by atoms with Gasteiger partial charge in [-0.2, -0.15) is 0 Å². The zero-order chi connectivity index (χ0) is 18.4. The van der Waals surface area contributed by atoms with Gasteiger partial charge in [0.05, 0.1) is 6.42 Å². The van der Waals surface area contributed by atoms with Crippen LogP contribution in [0, 0.1) is 0 Å². The molecule has 25 heavy (non-hydrogen) atoms. The van der Waals surface area contributed by atoms with E-state index in [4.69, 9.17) is 11.6 Å². The van der Waals surface area contributed by atoms with Crippen LogP contribution in [0.2, 0.25) is 0 Å². The molecule has 1 heterocycles. The number of carbonyl (C=O) groups is 4. The van der Waals surface area contributed by atoms with E-state index in [2.05, 4.69) is 16.0 Å². The molecular weight excluding hydrogens is 348 g/mol. The molecule has 0 radical (unpaired) electrons. The van der Waals surface area contributed by atoms with E-state index in [9.17, 15) is 19.2 Å². The number of rotatable bonds is 5. The number of piperazine rings is 1. The number of halogens is 1. The molecule has 1 aromatic rings. The third-order valence-electron chi connectivity index (χ3n) is 3.80. The molecule has 0 aromatic heterocycles. The maximum Gasteiger partial charge on any atom is 0.251 e. The van der Waals surface area contributed by atoms with Crippen molar-refractivity contribution in [3.05, 3.63) is 29.8 Å². The van der Waals surface area contributed by atoms with Crippen LogP contribution in [-0.4, -0.2) is 60.6 Å². The van der Waals surface area contributed by atoms with Crippen molar-refractivity contribution in [2.24, 2.45) is 0 Å². The lowest BCUT2D eigenvalue weighted by atomic mass is 10.1. The van der Waals surface area contributed by atoms with Crippen molar-refractivity contribution in [3.8, 4) is 0 Å². The van der Waals surface area contributed by atoms with Crippen LogP contribution in [0.15, 0.2) is 24.3 Å². The highest BCUT2D eigenvalue weighted by molar-refractivity contribution is 6.27.